The van der Waals surface area contributed by atoms with Crippen LogP contribution in [0.25, 0.3) is 0 Å². The van der Waals surface area contributed by atoms with E-state index in [2.05, 4.69) is 10.6 Å². The molecule has 2 aromatic rings. The summed E-state index contributed by atoms with van der Waals surface area (Å²) < 4.78 is 0. The first-order valence-corrected chi connectivity index (χ1v) is 8.53. The quantitative estimate of drug-likeness (QED) is 0.754. The zero-order valence-corrected chi connectivity index (χ0v) is 15.1. The van der Waals surface area contributed by atoms with Crippen molar-refractivity contribution in [3.63, 3.8) is 0 Å². The van der Waals surface area contributed by atoms with Crippen molar-refractivity contribution in [3.05, 3.63) is 65.2 Å². The van der Waals surface area contributed by atoms with Crippen LogP contribution in [0.15, 0.2) is 48.5 Å². The maximum absolute atomic E-state index is 12.1. The van der Waals surface area contributed by atoms with Gasteiger partial charge in [0, 0.05) is 11.3 Å². The maximum atomic E-state index is 12.1. The van der Waals surface area contributed by atoms with Gasteiger partial charge in [-0.2, -0.15) is 0 Å². The van der Waals surface area contributed by atoms with Crippen LogP contribution in [0.5, 0.6) is 0 Å². The third-order valence-corrected chi connectivity index (χ3v) is 4.09. The van der Waals surface area contributed by atoms with E-state index in [1.807, 2.05) is 69.3 Å². The van der Waals surface area contributed by atoms with Crippen LogP contribution in [0.2, 0.25) is 0 Å². The highest BCUT2D eigenvalue weighted by Crippen LogP contribution is 2.15. The number of anilines is 1. The van der Waals surface area contributed by atoms with E-state index in [0.29, 0.717) is 5.69 Å². The van der Waals surface area contributed by atoms with Gasteiger partial charge in [0.2, 0.25) is 0 Å². The molecule has 3 N–H and O–H groups in total. The molecule has 0 aliphatic heterocycles. The largest absolute Gasteiger partial charge is 0.326 e. The average Bonchev–Trinajstić information content (AvgIpc) is 2.57. The summed E-state index contributed by atoms with van der Waals surface area (Å²) in [6.07, 6.45) is 0. The highest BCUT2D eigenvalue weighted by Gasteiger charge is 2.16. The van der Waals surface area contributed by atoms with E-state index in [9.17, 15) is 9.59 Å². The van der Waals surface area contributed by atoms with Crippen molar-refractivity contribution in [3.8, 4) is 0 Å². The van der Waals surface area contributed by atoms with Crippen molar-refractivity contribution in [2.24, 2.45) is 0 Å². The van der Waals surface area contributed by atoms with E-state index in [1.54, 1.807) is 0 Å². The van der Waals surface area contributed by atoms with Crippen LogP contribution < -0.4 is 15.5 Å². The molecule has 0 aliphatic rings. The first-order valence-electron chi connectivity index (χ1n) is 8.53. The van der Waals surface area contributed by atoms with Crippen molar-refractivity contribution >= 4 is 17.6 Å². The lowest BCUT2D eigenvalue weighted by Gasteiger charge is -2.17. The smallest absolute Gasteiger partial charge is 0.324 e. The second-order valence-corrected chi connectivity index (χ2v) is 6.26. The topological polar surface area (TPSA) is 62.6 Å². The van der Waals surface area contributed by atoms with Crippen molar-refractivity contribution in [1.29, 1.82) is 0 Å². The molecular weight excluding hydrogens is 314 g/mol. The van der Waals surface area contributed by atoms with Crippen LogP contribution in [0.1, 0.15) is 23.6 Å². The maximum Gasteiger partial charge on any atom is 0.326 e. The van der Waals surface area contributed by atoms with Gasteiger partial charge in [0.1, 0.15) is 6.54 Å². The number of nitrogens with one attached hydrogen (secondary N) is 3. The number of carbonyl (C=O) groups excluding carboxylic acids is 2. The zero-order valence-electron chi connectivity index (χ0n) is 15.1. The predicted molar refractivity (Wildman–Crippen MR) is 99.6 cm³/mol. The molecule has 0 radical (unpaired) electrons. The number of aryl methyl sites for hydroxylation is 2. The van der Waals surface area contributed by atoms with Gasteiger partial charge < -0.3 is 10.2 Å². The Labute approximate surface area is 149 Å². The molecule has 1 atom stereocenters. The zero-order chi connectivity index (χ0) is 18.2. The summed E-state index contributed by atoms with van der Waals surface area (Å²) in [6.45, 7) is 7.76. The molecule has 5 nitrogen and oxygen atoms in total. The fraction of sp³-hybridized carbons (Fsp3) is 0.300. The third-order valence-electron chi connectivity index (χ3n) is 4.09. The summed E-state index contributed by atoms with van der Waals surface area (Å²) in [5.74, 6) is -0.282. The van der Waals surface area contributed by atoms with Gasteiger partial charge in [-0.05, 0) is 32.4 Å². The fourth-order valence-electron chi connectivity index (χ4n) is 2.70. The first kappa shape index (κ1) is 18.7. The lowest BCUT2D eigenvalue weighted by Crippen LogP contribution is -3.11. The minimum Gasteiger partial charge on any atom is -0.324 e. The number of hydrogen-bond donors (Lipinski definition) is 3. The lowest BCUT2D eigenvalue weighted by atomic mass is 10.1. The van der Waals surface area contributed by atoms with E-state index in [1.165, 1.54) is 5.56 Å². The standard InChI is InChI=1S/C20H25N3O2/c1-4-23(13-17-8-6-5-7-9-17)14-19(24)22-20(25)21-18-11-10-15(2)12-16(18)3/h5-12H,4,13-14H2,1-3H3,(H2,21,22,24,25)/p+1. The summed E-state index contributed by atoms with van der Waals surface area (Å²) in [7, 11) is 0. The van der Waals surface area contributed by atoms with Gasteiger partial charge in [-0.25, -0.2) is 4.79 Å². The van der Waals surface area contributed by atoms with Crippen molar-refractivity contribution in [2.75, 3.05) is 18.4 Å². The van der Waals surface area contributed by atoms with Crippen molar-refractivity contribution < 1.29 is 14.5 Å². The Hall–Kier alpha value is -2.66. The van der Waals surface area contributed by atoms with E-state index in [4.69, 9.17) is 0 Å². The van der Waals surface area contributed by atoms with Gasteiger partial charge in [-0.15, -0.1) is 0 Å². The minimum atomic E-state index is -0.493. The van der Waals surface area contributed by atoms with E-state index in [-0.39, 0.29) is 12.5 Å². The number of quaternary nitrogens is 1. The van der Waals surface area contributed by atoms with Gasteiger partial charge in [0.05, 0.1) is 6.54 Å². The Morgan fingerprint density at radius 2 is 1.76 bits per heavy atom. The number of benzene rings is 2. The number of amides is 3. The van der Waals surface area contributed by atoms with E-state index >= 15 is 0 Å². The molecule has 0 aliphatic carbocycles. The molecule has 0 saturated heterocycles. The molecule has 5 heteroatoms. The molecule has 2 aromatic carbocycles. The fourth-order valence-corrected chi connectivity index (χ4v) is 2.70. The molecule has 1 unspecified atom stereocenters. The molecule has 0 spiro atoms. The second kappa shape index (κ2) is 8.99. The Morgan fingerprint density at radius 3 is 2.40 bits per heavy atom. The molecule has 132 valence electrons. The molecule has 0 bridgehead atoms. The minimum absolute atomic E-state index is 0.256. The van der Waals surface area contributed by atoms with E-state index in [0.717, 1.165) is 29.1 Å². The second-order valence-electron chi connectivity index (χ2n) is 6.26. The number of imide groups is 1. The highest BCUT2D eigenvalue weighted by atomic mass is 16.2. The highest BCUT2D eigenvalue weighted by molar-refractivity contribution is 6.01. The number of hydrogen-bond acceptors (Lipinski definition) is 2. The number of carbonyl (C=O) groups is 2. The summed E-state index contributed by atoms with van der Waals surface area (Å²) in [5.41, 5.74) is 3.97. The molecular formula is C20H26N3O2+. The average molecular weight is 340 g/mol. The van der Waals surface area contributed by atoms with Crippen LogP contribution in [-0.4, -0.2) is 25.0 Å². The molecule has 3 amide bonds. The first-order chi connectivity index (χ1) is 12.0. The monoisotopic (exact) mass is 340 g/mol. The summed E-state index contributed by atoms with van der Waals surface area (Å²) in [4.78, 5) is 25.3. The Morgan fingerprint density at radius 1 is 1.04 bits per heavy atom. The number of likely N-dealkylation sites (N-methyl/N-ethyl adjacent to an activating group) is 1. The third kappa shape index (κ3) is 6.04. The van der Waals surface area contributed by atoms with Crippen LogP contribution >= 0.6 is 0 Å². The Balaban J connectivity index is 1.86. The molecule has 0 heterocycles. The van der Waals surface area contributed by atoms with Crippen molar-refractivity contribution in [1.82, 2.24) is 5.32 Å². The van der Waals surface area contributed by atoms with Crippen LogP contribution in [-0.2, 0) is 11.3 Å². The Bertz CT molecular complexity index is 729. The lowest BCUT2D eigenvalue weighted by molar-refractivity contribution is -0.904. The molecule has 2 rings (SSSR count). The molecule has 0 aromatic heterocycles. The molecule has 0 saturated carbocycles. The predicted octanol–water partition coefficient (Wildman–Crippen LogP) is 2.06. The van der Waals surface area contributed by atoms with Crippen LogP contribution in [0.4, 0.5) is 10.5 Å². The summed E-state index contributed by atoms with van der Waals surface area (Å²) in [6, 6.07) is 15.3. The number of rotatable bonds is 6. The van der Waals surface area contributed by atoms with Gasteiger partial charge in [0.25, 0.3) is 5.91 Å². The normalized spacial score (nSPS) is 11.6. The van der Waals surface area contributed by atoms with Gasteiger partial charge >= 0.3 is 6.03 Å². The molecule has 0 fully saturated rings. The Kier molecular flexibility index (Phi) is 6.71. The van der Waals surface area contributed by atoms with Gasteiger partial charge in [-0.3, -0.25) is 10.1 Å². The summed E-state index contributed by atoms with van der Waals surface area (Å²) >= 11 is 0. The van der Waals surface area contributed by atoms with Crippen molar-refractivity contribution in [2.45, 2.75) is 27.3 Å². The van der Waals surface area contributed by atoms with Crippen LogP contribution in [0, 0.1) is 13.8 Å². The SMILES string of the molecule is CC[NH+](CC(=O)NC(=O)Nc1ccc(C)cc1C)Cc1ccccc1. The van der Waals surface area contributed by atoms with Crippen LogP contribution in [0.3, 0.4) is 0 Å². The number of urea groups is 1. The van der Waals surface area contributed by atoms with Gasteiger partial charge in [0.15, 0.2) is 6.54 Å². The van der Waals surface area contributed by atoms with Gasteiger partial charge in [-0.1, -0.05) is 48.0 Å². The molecule has 25 heavy (non-hydrogen) atoms. The van der Waals surface area contributed by atoms with E-state index < -0.39 is 6.03 Å². The summed E-state index contributed by atoms with van der Waals surface area (Å²) in [5, 5.41) is 5.14.